The molecule has 0 spiro atoms. The minimum atomic E-state index is 0.103. The lowest BCUT2D eigenvalue weighted by Crippen LogP contribution is -2.34. The number of rotatable bonds is 5. The molecule has 1 amide bonds. The van der Waals surface area contributed by atoms with Crippen LogP contribution in [0, 0.1) is 5.92 Å². The molecule has 0 aliphatic carbocycles. The number of benzene rings is 1. The summed E-state index contributed by atoms with van der Waals surface area (Å²) in [5.41, 5.74) is 1.11. The molecule has 1 aromatic carbocycles. The molecule has 3 heteroatoms. The van der Waals surface area contributed by atoms with Gasteiger partial charge in [0.1, 0.15) is 5.75 Å². The lowest BCUT2D eigenvalue weighted by Gasteiger charge is -2.15. The second-order valence-electron chi connectivity index (χ2n) is 4.94. The van der Waals surface area contributed by atoms with Gasteiger partial charge in [0.05, 0.1) is 0 Å². The molecule has 0 aliphatic rings. The third-order valence-corrected chi connectivity index (χ3v) is 2.48. The van der Waals surface area contributed by atoms with E-state index in [1.54, 1.807) is 12.1 Å². The summed E-state index contributed by atoms with van der Waals surface area (Å²) in [5, 5.41) is 12.1. The number of carbonyl (C=O) groups is 1. The van der Waals surface area contributed by atoms with E-state index >= 15 is 0 Å². The highest BCUT2D eigenvalue weighted by molar-refractivity contribution is 5.76. The maximum Gasteiger partial charge on any atom is 0.220 e. The third-order valence-electron chi connectivity index (χ3n) is 2.48. The molecule has 0 radical (unpaired) electrons. The van der Waals surface area contributed by atoms with Crippen molar-refractivity contribution in [3.8, 4) is 5.75 Å². The van der Waals surface area contributed by atoms with E-state index in [1.165, 1.54) is 0 Å². The maximum atomic E-state index is 11.6. The largest absolute Gasteiger partial charge is 0.508 e. The van der Waals surface area contributed by atoms with Crippen LogP contribution in [0.3, 0.4) is 0 Å². The zero-order valence-corrected chi connectivity index (χ0v) is 10.7. The predicted molar refractivity (Wildman–Crippen MR) is 68.9 cm³/mol. The molecule has 0 bridgehead atoms. The van der Waals surface area contributed by atoms with E-state index in [0.717, 1.165) is 12.0 Å². The van der Waals surface area contributed by atoms with Crippen LogP contribution in [0.5, 0.6) is 5.75 Å². The molecule has 1 rings (SSSR count). The topological polar surface area (TPSA) is 49.3 Å². The van der Waals surface area contributed by atoms with Gasteiger partial charge < -0.3 is 10.4 Å². The highest BCUT2D eigenvalue weighted by Crippen LogP contribution is 2.11. The SMILES string of the molecule is CC(C)CC(=O)N[C@@H](C)Cc1ccc(O)cc1. The first-order chi connectivity index (χ1) is 7.97. The Morgan fingerprint density at radius 3 is 2.35 bits per heavy atom. The first-order valence-electron chi connectivity index (χ1n) is 6.04. The van der Waals surface area contributed by atoms with Crippen LogP contribution in [0.4, 0.5) is 0 Å². The molecule has 1 aromatic rings. The predicted octanol–water partition coefficient (Wildman–Crippen LogP) is 2.49. The van der Waals surface area contributed by atoms with E-state index in [9.17, 15) is 4.79 Å². The van der Waals surface area contributed by atoms with Crippen molar-refractivity contribution in [3.05, 3.63) is 29.8 Å². The summed E-state index contributed by atoms with van der Waals surface area (Å²) >= 11 is 0. The molecule has 0 unspecified atom stereocenters. The molecule has 0 fully saturated rings. The van der Waals surface area contributed by atoms with E-state index in [2.05, 4.69) is 5.32 Å². The van der Waals surface area contributed by atoms with Crippen molar-refractivity contribution in [1.82, 2.24) is 5.32 Å². The zero-order valence-electron chi connectivity index (χ0n) is 10.7. The van der Waals surface area contributed by atoms with Crippen molar-refractivity contribution in [3.63, 3.8) is 0 Å². The standard InChI is InChI=1S/C14H21NO2/c1-10(2)8-14(17)15-11(3)9-12-4-6-13(16)7-5-12/h4-7,10-11,16H,8-9H2,1-3H3,(H,15,17)/t11-/m0/s1. The molecule has 0 saturated carbocycles. The second-order valence-corrected chi connectivity index (χ2v) is 4.94. The van der Waals surface area contributed by atoms with Crippen molar-refractivity contribution in [2.24, 2.45) is 5.92 Å². The molecule has 2 N–H and O–H groups in total. The van der Waals surface area contributed by atoms with Gasteiger partial charge >= 0.3 is 0 Å². The number of aromatic hydroxyl groups is 1. The van der Waals surface area contributed by atoms with Crippen molar-refractivity contribution in [2.45, 2.75) is 39.7 Å². The van der Waals surface area contributed by atoms with Crippen molar-refractivity contribution in [2.75, 3.05) is 0 Å². The van der Waals surface area contributed by atoms with Gasteiger partial charge in [-0.2, -0.15) is 0 Å². The number of phenols is 1. The Kier molecular flexibility index (Phi) is 5.01. The van der Waals surface area contributed by atoms with Crippen molar-refractivity contribution < 1.29 is 9.90 Å². The van der Waals surface area contributed by atoms with Gasteiger partial charge in [-0.1, -0.05) is 26.0 Å². The summed E-state index contributed by atoms with van der Waals surface area (Å²) in [6.45, 7) is 6.06. The summed E-state index contributed by atoms with van der Waals surface area (Å²) in [7, 11) is 0. The van der Waals surface area contributed by atoms with Crippen LogP contribution in [0.25, 0.3) is 0 Å². The van der Waals surface area contributed by atoms with Crippen LogP contribution in [-0.2, 0) is 11.2 Å². The number of hydrogen-bond donors (Lipinski definition) is 2. The van der Waals surface area contributed by atoms with Gasteiger partial charge in [0, 0.05) is 12.5 Å². The van der Waals surface area contributed by atoms with Gasteiger partial charge in [-0.3, -0.25) is 4.79 Å². The summed E-state index contributed by atoms with van der Waals surface area (Å²) in [4.78, 5) is 11.6. The van der Waals surface area contributed by atoms with Gasteiger partial charge in [-0.05, 0) is 37.0 Å². The van der Waals surface area contributed by atoms with Gasteiger partial charge in [-0.15, -0.1) is 0 Å². The molecular weight excluding hydrogens is 214 g/mol. The first kappa shape index (κ1) is 13.6. The number of hydrogen-bond acceptors (Lipinski definition) is 2. The van der Waals surface area contributed by atoms with Gasteiger partial charge in [0.2, 0.25) is 5.91 Å². The fraction of sp³-hybridized carbons (Fsp3) is 0.500. The van der Waals surface area contributed by atoms with Crippen molar-refractivity contribution in [1.29, 1.82) is 0 Å². The zero-order chi connectivity index (χ0) is 12.8. The molecule has 94 valence electrons. The summed E-state index contributed by atoms with van der Waals surface area (Å²) in [6, 6.07) is 7.20. The van der Waals surface area contributed by atoms with E-state index in [0.29, 0.717) is 12.3 Å². The fourth-order valence-electron chi connectivity index (χ4n) is 1.74. The molecule has 0 heterocycles. The normalized spacial score (nSPS) is 12.5. The minimum Gasteiger partial charge on any atom is -0.508 e. The Labute approximate surface area is 103 Å². The molecule has 0 aliphatic heterocycles. The van der Waals surface area contributed by atoms with Crippen LogP contribution < -0.4 is 5.32 Å². The lowest BCUT2D eigenvalue weighted by atomic mass is 10.1. The Morgan fingerprint density at radius 1 is 1.24 bits per heavy atom. The van der Waals surface area contributed by atoms with Crippen molar-refractivity contribution >= 4 is 5.91 Å². The summed E-state index contributed by atoms with van der Waals surface area (Å²) in [6.07, 6.45) is 1.35. The van der Waals surface area contributed by atoms with E-state index in [1.807, 2.05) is 32.9 Å². The molecular formula is C14H21NO2. The maximum absolute atomic E-state index is 11.6. The molecule has 0 saturated heterocycles. The Morgan fingerprint density at radius 2 is 1.82 bits per heavy atom. The quantitative estimate of drug-likeness (QED) is 0.823. The molecule has 0 aromatic heterocycles. The van der Waals surface area contributed by atoms with Gasteiger partial charge in [0.25, 0.3) is 0 Å². The van der Waals surface area contributed by atoms with Crippen LogP contribution >= 0.6 is 0 Å². The van der Waals surface area contributed by atoms with E-state index < -0.39 is 0 Å². The fourth-order valence-corrected chi connectivity index (χ4v) is 1.74. The van der Waals surface area contributed by atoms with Gasteiger partial charge in [-0.25, -0.2) is 0 Å². The average Bonchev–Trinajstić information content (AvgIpc) is 2.19. The number of nitrogens with one attached hydrogen (secondary N) is 1. The van der Waals surface area contributed by atoms with Crippen LogP contribution in [0.15, 0.2) is 24.3 Å². The summed E-state index contributed by atoms with van der Waals surface area (Å²) in [5.74, 6) is 0.757. The molecule has 1 atom stereocenters. The smallest absolute Gasteiger partial charge is 0.220 e. The van der Waals surface area contributed by atoms with E-state index in [-0.39, 0.29) is 17.7 Å². The number of amides is 1. The number of carbonyl (C=O) groups excluding carboxylic acids is 1. The lowest BCUT2D eigenvalue weighted by molar-refractivity contribution is -0.122. The molecule has 3 nitrogen and oxygen atoms in total. The van der Waals surface area contributed by atoms with Crippen LogP contribution in [0.1, 0.15) is 32.8 Å². The Balaban J connectivity index is 2.41. The minimum absolute atomic E-state index is 0.103. The molecule has 17 heavy (non-hydrogen) atoms. The highest BCUT2D eigenvalue weighted by atomic mass is 16.3. The Hall–Kier alpha value is -1.51. The second kappa shape index (κ2) is 6.28. The first-order valence-corrected chi connectivity index (χ1v) is 6.04. The monoisotopic (exact) mass is 235 g/mol. The Bertz CT molecular complexity index is 357. The third kappa shape index (κ3) is 5.38. The highest BCUT2D eigenvalue weighted by Gasteiger charge is 2.09. The van der Waals surface area contributed by atoms with Crippen LogP contribution in [-0.4, -0.2) is 17.1 Å². The van der Waals surface area contributed by atoms with E-state index in [4.69, 9.17) is 5.11 Å². The van der Waals surface area contributed by atoms with Crippen LogP contribution in [0.2, 0.25) is 0 Å². The van der Waals surface area contributed by atoms with Gasteiger partial charge in [0.15, 0.2) is 0 Å². The average molecular weight is 235 g/mol. The summed E-state index contributed by atoms with van der Waals surface area (Å²) < 4.78 is 0. The number of phenolic OH excluding ortho intramolecular Hbond substituents is 1.